The molecule has 2 atom stereocenters. The topological polar surface area (TPSA) is 108 Å². The third-order valence-electron chi connectivity index (χ3n) is 8.85. The molecule has 0 spiro atoms. The number of methoxy groups -OCH3 is 1. The van der Waals surface area contributed by atoms with E-state index in [1.54, 1.807) is 37.7 Å². The maximum absolute atomic E-state index is 13.8. The van der Waals surface area contributed by atoms with Gasteiger partial charge in [0.05, 0.1) is 23.9 Å². The fourth-order valence-electron chi connectivity index (χ4n) is 6.58. The van der Waals surface area contributed by atoms with Crippen molar-refractivity contribution in [2.45, 2.75) is 31.5 Å². The number of carbonyl (C=O) groups excluding carboxylic acids is 1. The van der Waals surface area contributed by atoms with Gasteiger partial charge in [0, 0.05) is 49.7 Å². The van der Waals surface area contributed by atoms with E-state index in [4.69, 9.17) is 9.15 Å². The van der Waals surface area contributed by atoms with Crippen molar-refractivity contribution in [3.05, 3.63) is 59.9 Å². The highest BCUT2D eigenvalue weighted by Crippen LogP contribution is 2.38. The summed E-state index contributed by atoms with van der Waals surface area (Å²) in [6.07, 6.45) is 5.07. The molecule has 1 aromatic carbocycles. The van der Waals surface area contributed by atoms with E-state index in [-0.39, 0.29) is 11.9 Å². The first-order chi connectivity index (χ1) is 20.5. The summed E-state index contributed by atoms with van der Waals surface area (Å²) in [5.41, 5.74) is 4.84. The molecule has 9 nitrogen and oxygen atoms in total. The zero-order valence-corrected chi connectivity index (χ0v) is 23.3. The lowest BCUT2D eigenvalue weighted by Crippen LogP contribution is -2.57. The standard InChI is InChI=1S/C32H31FN6O3/c1-41-28-13-22(32(40)37-26-18-38-9-5-19(26)6-10-38)16-36-30(28)29-14-25-31(42-29)24(4-8-35-25)20-2-3-27(21(12-20)15-34)39-11-7-23(33)17-39/h2-4,8,12-14,16,19,23,26H,5-7,9-11,17-18H2,1H3,(H,37,40)/t23-,26?/m0/s1. The average Bonchev–Trinajstić information content (AvgIpc) is 3.67. The number of hydrogen-bond donors (Lipinski definition) is 1. The number of nitriles is 1. The van der Waals surface area contributed by atoms with E-state index in [9.17, 15) is 14.4 Å². The van der Waals surface area contributed by atoms with E-state index in [0.29, 0.717) is 64.9 Å². The molecule has 2 bridgehead atoms. The Balaban J connectivity index is 1.18. The van der Waals surface area contributed by atoms with Crippen molar-refractivity contribution in [1.82, 2.24) is 20.2 Å². The average molecular weight is 567 g/mol. The molecule has 4 saturated heterocycles. The number of halogens is 1. The molecule has 7 heterocycles. The van der Waals surface area contributed by atoms with Crippen LogP contribution in [0.2, 0.25) is 0 Å². The summed E-state index contributed by atoms with van der Waals surface area (Å²) in [4.78, 5) is 26.5. The van der Waals surface area contributed by atoms with Gasteiger partial charge in [-0.3, -0.25) is 9.78 Å². The Labute approximate surface area is 242 Å². The summed E-state index contributed by atoms with van der Waals surface area (Å²) in [5, 5.41) is 13.1. The van der Waals surface area contributed by atoms with Crippen LogP contribution in [0.25, 0.3) is 33.7 Å². The zero-order chi connectivity index (χ0) is 28.8. The first-order valence-corrected chi connectivity index (χ1v) is 14.4. The van der Waals surface area contributed by atoms with Gasteiger partial charge in [0.2, 0.25) is 0 Å². The Morgan fingerprint density at radius 3 is 2.69 bits per heavy atom. The highest BCUT2D eigenvalue weighted by atomic mass is 19.1. The molecule has 0 aliphatic carbocycles. The molecule has 0 saturated carbocycles. The van der Waals surface area contributed by atoms with Gasteiger partial charge in [-0.2, -0.15) is 5.26 Å². The van der Waals surface area contributed by atoms with Crippen molar-refractivity contribution in [3.8, 4) is 34.4 Å². The van der Waals surface area contributed by atoms with Crippen LogP contribution >= 0.6 is 0 Å². The van der Waals surface area contributed by atoms with Crippen LogP contribution < -0.4 is 15.0 Å². The van der Waals surface area contributed by atoms with Crippen molar-refractivity contribution in [2.24, 2.45) is 5.92 Å². The van der Waals surface area contributed by atoms with Crippen molar-refractivity contribution in [2.75, 3.05) is 44.7 Å². The summed E-state index contributed by atoms with van der Waals surface area (Å²) < 4.78 is 25.8. The minimum absolute atomic E-state index is 0.150. The number of benzene rings is 1. The minimum Gasteiger partial charge on any atom is -0.494 e. The number of piperidine rings is 3. The number of furan rings is 1. The zero-order valence-electron chi connectivity index (χ0n) is 23.3. The van der Waals surface area contributed by atoms with Crippen molar-refractivity contribution in [3.63, 3.8) is 0 Å². The van der Waals surface area contributed by atoms with Crippen LogP contribution in [0.1, 0.15) is 35.2 Å². The summed E-state index contributed by atoms with van der Waals surface area (Å²) in [5.74, 6) is 1.24. The number of carbonyl (C=O) groups is 1. The molecule has 4 fully saturated rings. The number of pyridine rings is 2. The number of aromatic nitrogens is 2. The number of nitrogens with zero attached hydrogens (tertiary/aromatic N) is 5. The van der Waals surface area contributed by atoms with Crippen molar-refractivity contribution >= 4 is 22.7 Å². The lowest BCUT2D eigenvalue weighted by molar-refractivity contribution is 0.0620. The number of ether oxygens (including phenoxy) is 1. The molecule has 8 rings (SSSR count). The van der Waals surface area contributed by atoms with Crippen molar-refractivity contribution < 1.29 is 18.3 Å². The molecule has 1 amide bonds. The second kappa shape index (κ2) is 10.7. The third kappa shape index (κ3) is 4.73. The second-order valence-corrected chi connectivity index (χ2v) is 11.4. The maximum atomic E-state index is 13.8. The monoisotopic (exact) mass is 566 g/mol. The summed E-state index contributed by atoms with van der Waals surface area (Å²) in [6, 6.07) is 13.3. The van der Waals surface area contributed by atoms with E-state index in [2.05, 4.69) is 26.3 Å². The summed E-state index contributed by atoms with van der Waals surface area (Å²) in [6.45, 7) is 4.00. The van der Waals surface area contributed by atoms with Crippen LogP contribution in [0.5, 0.6) is 5.75 Å². The Morgan fingerprint density at radius 1 is 1.12 bits per heavy atom. The molecule has 0 radical (unpaired) electrons. The quantitative estimate of drug-likeness (QED) is 0.354. The highest BCUT2D eigenvalue weighted by molar-refractivity contribution is 5.96. The van der Waals surface area contributed by atoms with Gasteiger partial charge in [0.25, 0.3) is 5.91 Å². The van der Waals surface area contributed by atoms with Gasteiger partial charge in [0.15, 0.2) is 11.3 Å². The first kappa shape index (κ1) is 26.4. The first-order valence-electron chi connectivity index (χ1n) is 14.4. The number of anilines is 1. The molecule has 1 N–H and O–H groups in total. The van der Waals surface area contributed by atoms with E-state index in [0.717, 1.165) is 49.3 Å². The largest absolute Gasteiger partial charge is 0.494 e. The number of fused-ring (bicyclic) bond motifs is 4. The number of nitrogens with one attached hydrogen (secondary N) is 1. The van der Waals surface area contributed by atoms with Crippen LogP contribution in [0, 0.1) is 17.2 Å². The Hall–Kier alpha value is -4.49. The smallest absolute Gasteiger partial charge is 0.253 e. The molecule has 10 heteroatoms. The Kier molecular flexibility index (Phi) is 6.75. The SMILES string of the molecule is COc1cc(C(=O)NC2CN3CCC2CC3)cnc1-c1cc2nccc(-c3ccc(N4CC[C@H](F)C4)c(C#N)c3)c2o1. The van der Waals surface area contributed by atoms with E-state index in [1.807, 2.05) is 23.1 Å². The van der Waals surface area contributed by atoms with Crippen LogP contribution in [-0.2, 0) is 0 Å². The summed E-state index contributed by atoms with van der Waals surface area (Å²) in [7, 11) is 1.54. The van der Waals surface area contributed by atoms with Gasteiger partial charge in [-0.05, 0) is 68.1 Å². The molecule has 214 valence electrons. The lowest BCUT2D eigenvalue weighted by atomic mass is 9.84. The number of rotatable bonds is 6. The van der Waals surface area contributed by atoms with Gasteiger partial charge < -0.3 is 24.3 Å². The fourth-order valence-corrected chi connectivity index (χ4v) is 6.58. The Bertz CT molecular complexity index is 1710. The van der Waals surface area contributed by atoms with Crippen LogP contribution in [0.3, 0.4) is 0 Å². The summed E-state index contributed by atoms with van der Waals surface area (Å²) >= 11 is 0. The van der Waals surface area contributed by atoms with E-state index in [1.165, 1.54) is 0 Å². The molecule has 4 aromatic rings. The molecule has 1 unspecified atom stereocenters. The van der Waals surface area contributed by atoms with E-state index >= 15 is 0 Å². The number of amides is 1. The third-order valence-corrected chi connectivity index (χ3v) is 8.85. The van der Waals surface area contributed by atoms with Crippen LogP contribution in [-0.4, -0.2) is 72.8 Å². The normalized spacial score (nSPS) is 23.2. The molecule has 4 aliphatic rings. The predicted octanol–water partition coefficient (Wildman–Crippen LogP) is 4.81. The molecular formula is C32H31FN6O3. The minimum atomic E-state index is -0.878. The molecule has 4 aliphatic heterocycles. The maximum Gasteiger partial charge on any atom is 0.253 e. The molecular weight excluding hydrogens is 535 g/mol. The molecule has 3 aromatic heterocycles. The van der Waals surface area contributed by atoms with Gasteiger partial charge in [-0.15, -0.1) is 0 Å². The van der Waals surface area contributed by atoms with Crippen LogP contribution in [0.4, 0.5) is 10.1 Å². The highest BCUT2D eigenvalue weighted by Gasteiger charge is 2.35. The predicted molar refractivity (Wildman–Crippen MR) is 156 cm³/mol. The second-order valence-electron chi connectivity index (χ2n) is 11.4. The van der Waals surface area contributed by atoms with Crippen LogP contribution in [0.15, 0.2) is 53.2 Å². The lowest BCUT2D eigenvalue weighted by Gasteiger charge is -2.44. The van der Waals surface area contributed by atoms with Gasteiger partial charge in [-0.1, -0.05) is 6.07 Å². The van der Waals surface area contributed by atoms with Gasteiger partial charge in [0.1, 0.15) is 29.2 Å². The van der Waals surface area contributed by atoms with Crippen molar-refractivity contribution in [1.29, 1.82) is 5.26 Å². The molecule has 42 heavy (non-hydrogen) atoms. The van der Waals surface area contributed by atoms with Gasteiger partial charge >= 0.3 is 0 Å². The number of hydrogen-bond acceptors (Lipinski definition) is 8. The van der Waals surface area contributed by atoms with Gasteiger partial charge in [-0.25, -0.2) is 9.37 Å². The number of alkyl halides is 1. The Morgan fingerprint density at radius 2 is 1.98 bits per heavy atom. The van der Waals surface area contributed by atoms with E-state index < -0.39 is 6.17 Å². The fraction of sp³-hybridized carbons (Fsp3) is 0.375.